The molecule has 2 heterocycles. The van der Waals surface area contributed by atoms with Crippen molar-refractivity contribution in [2.24, 2.45) is 5.92 Å². The Morgan fingerprint density at radius 1 is 1.50 bits per heavy atom. The molecular formula is C8H8F3N5O2. The van der Waals surface area contributed by atoms with Crippen LogP contribution in [0.2, 0.25) is 0 Å². The molecule has 0 aromatic carbocycles. The number of alkyl halides is 3. The van der Waals surface area contributed by atoms with Crippen LogP contribution in [0.15, 0.2) is 0 Å². The van der Waals surface area contributed by atoms with Gasteiger partial charge in [-0.05, 0) is 0 Å². The van der Waals surface area contributed by atoms with Crippen LogP contribution in [0.3, 0.4) is 0 Å². The molecule has 0 amide bonds. The van der Waals surface area contributed by atoms with Gasteiger partial charge < -0.3 is 10.1 Å². The van der Waals surface area contributed by atoms with Gasteiger partial charge in [-0.2, -0.15) is 18.4 Å². The largest absolute Gasteiger partial charge is 0.490 e. The molecule has 1 aromatic rings. The molecule has 1 aliphatic carbocycles. The number of ether oxygens (including phenoxy) is 1. The fourth-order valence-electron chi connectivity index (χ4n) is 2.55. The second-order valence-electron chi connectivity index (χ2n) is 4.33. The number of aromatic amines is 1. The van der Waals surface area contributed by atoms with Gasteiger partial charge in [0.1, 0.15) is 5.60 Å². The molecule has 1 aliphatic heterocycles. The lowest BCUT2D eigenvalue weighted by molar-refractivity contribution is -0.207. The van der Waals surface area contributed by atoms with E-state index in [-0.39, 0.29) is 18.3 Å². The fourth-order valence-corrected chi connectivity index (χ4v) is 2.55. The zero-order chi connectivity index (χ0) is 13.0. The number of piperidine rings is 1. The van der Waals surface area contributed by atoms with Gasteiger partial charge in [-0.15, -0.1) is 10.2 Å². The summed E-state index contributed by atoms with van der Waals surface area (Å²) in [5.74, 6) is -2.57. The van der Waals surface area contributed by atoms with Crippen molar-refractivity contribution in [3.05, 3.63) is 5.82 Å². The first-order chi connectivity index (χ1) is 8.45. The molecule has 3 unspecified atom stereocenters. The predicted molar refractivity (Wildman–Crippen MR) is 48.2 cm³/mol. The van der Waals surface area contributed by atoms with Crippen LogP contribution < -0.4 is 5.32 Å². The zero-order valence-electron chi connectivity index (χ0n) is 8.86. The normalized spacial score (nSPS) is 34.2. The van der Waals surface area contributed by atoms with Crippen LogP contribution in [0.4, 0.5) is 13.2 Å². The van der Waals surface area contributed by atoms with Gasteiger partial charge in [0, 0.05) is 19.0 Å². The van der Waals surface area contributed by atoms with Crippen molar-refractivity contribution in [2.45, 2.75) is 17.7 Å². The maximum atomic E-state index is 12.2. The number of carbonyl (C=O) groups excluding carboxylic acids is 1. The summed E-state index contributed by atoms with van der Waals surface area (Å²) < 4.78 is 41.3. The van der Waals surface area contributed by atoms with Gasteiger partial charge in [0.2, 0.25) is 0 Å². The molecule has 3 atom stereocenters. The number of halogens is 3. The number of H-pyrrole nitrogens is 1. The number of carbonyl (C=O) groups is 1. The van der Waals surface area contributed by atoms with Gasteiger partial charge in [0.15, 0.2) is 5.82 Å². The zero-order valence-corrected chi connectivity index (χ0v) is 8.86. The number of fused-ring (bicyclic) bond motifs is 1. The van der Waals surface area contributed by atoms with E-state index in [1.807, 2.05) is 0 Å². The summed E-state index contributed by atoms with van der Waals surface area (Å²) in [4.78, 5) is 10.9. The smallest absolute Gasteiger partial charge is 0.450 e. The molecule has 2 aliphatic rings. The van der Waals surface area contributed by atoms with Crippen molar-refractivity contribution in [1.29, 1.82) is 0 Å². The van der Waals surface area contributed by atoms with Crippen molar-refractivity contribution in [1.82, 2.24) is 25.9 Å². The lowest BCUT2D eigenvalue weighted by atomic mass is 10.2. The highest BCUT2D eigenvalue weighted by atomic mass is 19.4. The molecule has 2 fully saturated rings. The van der Waals surface area contributed by atoms with Crippen LogP contribution in [-0.2, 0) is 9.53 Å². The highest BCUT2D eigenvalue weighted by Gasteiger charge is 2.73. The third-order valence-electron chi connectivity index (χ3n) is 3.37. The Hall–Kier alpha value is -1.71. The summed E-state index contributed by atoms with van der Waals surface area (Å²) in [6.45, 7) is 0.628. The Labute approximate surface area is 98.1 Å². The van der Waals surface area contributed by atoms with Gasteiger partial charge in [-0.25, -0.2) is 4.79 Å². The number of hydrogen-bond acceptors (Lipinski definition) is 6. The van der Waals surface area contributed by atoms with Gasteiger partial charge in [-0.1, -0.05) is 5.21 Å². The van der Waals surface area contributed by atoms with Crippen molar-refractivity contribution in [3.63, 3.8) is 0 Å². The minimum atomic E-state index is -4.99. The summed E-state index contributed by atoms with van der Waals surface area (Å²) in [5.41, 5.74) is -1.18. The molecule has 7 nitrogen and oxygen atoms in total. The summed E-state index contributed by atoms with van der Waals surface area (Å²) in [7, 11) is 0. The van der Waals surface area contributed by atoms with Crippen LogP contribution >= 0.6 is 0 Å². The van der Waals surface area contributed by atoms with Crippen LogP contribution in [0, 0.1) is 5.92 Å². The van der Waals surface area contributed by atoms with E-state index < -0.39 is 23.7 Å². The van der Waals surface area contributed by atoms with Crippen molar-refractivity contribution in [2.75, 3.05) is 13.1 Å². The van der Waals surface area contributed by atoms with Crippen LogP contribution in [-0.4, -0.2) is 51.5 Å². The average molecular weight is 263 g/mol. The van der Waals surface area contributed by atoms with E-state index in [2.05, 4.69) is 30.7 Å². The van der Waals surface area contributed by atoms with Crippen LogP contribution in [0.5, 0.6) is 0 Å². The number of rotatable bonds is 2. The number of aromatic nitrogens is 4. The summed E-state index contributed by atoms with van der Waals surface area (Å²) in [5, 5.41) is 15.9. The fraction of sp³-hybridized carbons (Fsp3) is 0.750. The predicted octanol–water partition coefficient (Wildman–Crippen LogP) is -0.639. The molecule has 1 aromatic heterocycles. The quantitative estimate of drug-likeness (QED) is 0.689. The Morgan fingerprint density at radius 2 is 2.28 bits per heavy atom. The molecule has 0 bridgehead atoms. The SMILES string of the molecule is O=C(OC12CNCC1C2c1nn[nH]n1)C(F)(F)F. The molecule has 3 rings (SSSR count). The first-order valence-corrected chi connectivity index (χ1v) is 5.19. The highest BCUT2D eigenvalue weighted by Crippen LogP contribution is 2.61. The standard InChI is InChI=1S/C8H8F3N5O2/c9-8(10,11)6(17)18-7-2-12-1-3(7)4(7)5-13-15-16-14-5/h3-4,12H,1-2H2,(H,13,14,15,16). The summed E-state index contributed by atoms with van der Waals surface area (Å²) in [6, 6.07) is 0. The average Bonchev–Trinajstić information content (AvgIpc) is 2.76. The maximum Gasteiger partial charge on any atom is 0.490 e. The van der Waals surface area contributed by atoms with E-state index in [0.29, 0.717) is 6.54 Å². The highest BCUT2D eigenvalue weighted by molar-refractivity contribution is 5.76. The van der Waals surface area contributed by atoms with Gasteiger partial charge >= 0.3 is 12.1 Å². The Kier molecular flexibility index (Phi) is 2.15. The molecule has 18 heavy (non-hydrogen) atoms. The van der Waals surface area contributed by atoms with Crippen molar-refractivity contribution >= 4 is 5.97 Å². The van der Waals surface area contributed by atoms with Gasteiger partial charge in [-0.3, -0.25) is 0 Å². The van der Waals surface area contributed by atoms with E-state index in [4.69, 9.17) is 0 Å². The number of nitrogens with zero attached hydrogens (tertiary/aromatic N) is 3. The molecule has 2 N–H and O–H groups in total. The minimum Gasteiger partial charge on any atom is -0.450 e. The van der Waals surface area contributed by atoms with E-state index in [1.165, 1.54) is 0 Å². The minimum absolute atomic E-state index is 0.165. The van der Waals surface area contributed by atoms with E-state index in [1.54, 1.807) is 0 Å². The monoisotopic (exact) mass is 263 g/mol. The molecule has 98 valence electrons. The maximum absolute atomic E-state index is 12.2. The van der Waals surface area contributed by atoms with E-state index >= 15 is 0 Å². The van der Waals surface area contributed by atoms with Gasteiger partial charge in [0.25, 0.3) is 0 Å². The van der Waals surface area contributed by atoms with Crippen LogP contribution in [0.1, 0.15) is 11.7 Å². The molecule has 0 radical (unpaired) electrons. The molecule has 1 saturated carbocycles. The number of tetrazole rings is 1. The third kappa shape index (κ3) is 1.48. The third-order valence-corrected chi connectivity index (χ3v) is 3.37. The van der Waals surface area contributed by atoms with Crippen molar-refractivity contribution < 1.29 is 22.7 Å². The topological polar surface area (TPSA) is 92.8 Å². The first kappa shape index (κ1) is 11.4. The van der Waals surface area contributed by atoms with Gasteiger partial charge in [0.05, 0.1) is 5.92 Å². The van der Waals surface area contributed by atoms with E-state index in [9.17, 15) is 18.0 Å². The molecule has 1 saturated heterocycles. The number of hydrogen-bond donors (Lipinski definition) is 2. The second-order valence-corrected chi connectivity index (χ2v) is 4.33. The Balaban J connectivity index is 1.80. The Bertz CT molecular complexity index is 476. The lowest BCUT2D eigenvalue weighted by Gasteiger charge is -2.16. The first-order valence-electron chi connectivity index (χ1n) is 5.19. The Morgan fingerprint density at radius 3 is 2.89 bits per heavy atom. The molecule has 0 spiro atoms. The molecule has 10 heteroatoms. The summed E-state index contributed by atoms with van der Waals surface area (Å²) >= 11 is 0. The van der Waals surface area contributed by atoms with E-state index in [0.717, 1.165) is 0 Å². The number of nitrogens with one attached hydrogen (secondary N) is 2. The van der Waals surface area contributed by atoms with Crippen molar-refractivity contribution in [3.8, 4) is 0 Å². The van der Waals surface area contributed by atoms with Crippen LogP contribution in [0.25, 0.3) is 0 Å². The second kappa shape index (κ2) is 3.40. The number of esters is 1. The lowest BCUT2D eigenvalue weighted by Crippen LogP contribution is -2.36. The molecular weight excluding hydrogens is 255 g/mol. The summed E-state index contributed by atoms with van der Waals surface area (Å²) in [6.07, 6.45) is -4.99.